The van der Waals surface area contributed by atoms with Gasteiger partial charge in [-0.15, -0.1) is 12.4 Å². The van der Waals surface area contributed by atoms with Gasteiger partial charge in [0, 0.05) is 18.7 Å². The van der Waals surface area contributed by atoms with Crippen molar-refractivity contribution < 1.29 is 14.0 Å². The van der Waals surface area contributed by atoms with Gasteiger partial charge in [-0.2, -0.15) is 0 Å². The number of amides is 2. The fourth-order valence-electron chi connectivity index (χ4n) is 2.12. The Hall–Kier alpha value is -2.31. The third-order valence-electron chi connectivity index (χ3n) is 3.10. The molecule has 6 nitrogen and oxygen atoms in total. The molecule has 23 heavy (non-hydrogen) atoms. The van der Waals surface area contributed by atoms with Gasteiger partial charge in [-0.25, -0.2) is 0 Å². The van der Waals surface area contributed by atoms with Crippen molar-refractivity contribution >= 4 is 29.9 Å². The van der Waals surface area contributed by atoms with E-state index in [1.54, 1.807) is 44.2 Å². The van der Waals surface area contributed by atoms with E-state index in [-0.39, 0.29) is 30.0 Å². The van der Waals surface area contributed by atoms with Gasteiger partial charge < -0.3 is 20.8 Å². The molecule has 2 aromatic rings. The van der Waals surface area contributed by atoms with E-state index in [9.17, 15) is 9.59 Å². The predicted octanol–water partition coefficient (Wildman–Crippen LogP) is 2.26. The molecule has 0 unspecified atom stereocenters. The van der Waals surface area contributed by atoms with E-state index >= 15 is 0 Å². The van der Waals surface area contributed by atoms with Crippen LogP contribution >= 0.6 is 12.4 Å². The lowest BCUT2D eigenvalue weighted by molar-refractivity contribution is 0.0955. The summed E-state index contributed by atoms with van der Waals surface area (Å²) in [6.45, 7) is 4.30. The van der Waals surface area contributed by atoms with Gasteiger partial charge in [0.25, 0.3) is 11.8 Å². The van der Waals surface area contributed by atoms with E-state index in [2.05, 4.69) is 10.6 Å². The highest BCUT2D eigenvalue weighted by molar-refractivity contribution is 6.08. The van der Waals surface area contributed by atoms with E-state index in [1.807, 2.05) is 0 Å². The molecule has 0 aliphatic heterocycles. The average molecular weight is 338 g/mol. The quantitative estimate of drug-likeness (QED) is 0.779. The molecule has 0 fully saturated rings. The zero-order valence-electron chi connectivity index (χ0n) is 13.0. The maximum atomic E-state index is 12.3. The van der Waals surface area contributed by atoms with E-state index in [4.69, 9.17) is 10.2 Å². The van der Waals surface area contributed by atoms with Gasteiger partial charge in [0.2, 0.25) is 0 Å². The Labute approximate surface area is 140 Å². The van der Waals surface area contributed by atoms with Crippen LogP contribution < -0.4 is 16.4 Å². The number of nitrogens with two attached hydrogens (primary N) is 1. The minimum atomic E-state index is -0.385. The second kappa shape index (κ2) is 8.36. The Balaban J connectivity index is 0.00000264. The van der Waals surface area contributed by atoms with Crippen molar-refractivity contribution in [3.05, 3.63) is 53.0 Å². The molecule has 1 aromatic heterocycles. The van der Waals surface area contributed by atoms with Crippen molar-refractivity contribution in [3.8, 4) is 0 Å². The summed E-state index contributed by atoms with van der Waals surface area (Å²) in [6.07, 6.45) is 0. The van der Waals surface area contributed by atoms with Crippen LogP contribution in [0.3, 0.4) is 0 Å². The van der Waals surface area contributed by atoms with Gasteiger partial charge in [-0.1, -0.05) is 12.1 Å². The molecule has 0 saturated heterocycles. The number of hydrogen-bond acceptors (Lipinski definition) is 4. The average Bonchev–Trinajstić information content (AvgIpc) is 2.84. The third-order valence-corrected chi connectivity index (χ3v) is 3.10. The number of rotatable bonds is 5. The highest BCUT2D eigenvalue weighted by atomic mass is 35.5. The van der Waals surface area contributed by atoms with Gasteiger partial charge in [0.1, 0.15) is 5.76 Å². The van der Waals surface area contributed by atoms with Crippen LogP contribution in [0.4, 0.5) is 5.69 Å². The van der Waals surface area contributed by atoms with Crippen LogP contribution in [0.5, 0.6) is 0 Å². The molecule has 0 saturated carbocycles. The molecule has 1 aromatic carbocycles. The highest BCUT2D eigenvalue weighted by Crippen LogP contribution is 2.19. The molecule has 7 heteroatoms. The van der Waals surface area contributed by atoms with Crippen molar-refractivity contribution in [2.24, 2.45) is 5.73 Å². The number of halogens is 1. The lowest BCUT2D eigenvalue weighted by Crippen LogP contribution is -2.30. The zero-order chi connectivity index (χ0) is 16.1. The topological polar surface area (TPSA) is 97.4 Å². The predicted molar refractivity (Wildman–Crippen MR) is 91.2 cm³/mol. The minimum absolute atomic E-state index is 0. The van der Waals surface area contributed by atoms with Crippen LogP contribution in [0, 0.1) is 13.8 Å². The van der Waals surface area contributed by atoms with E-state index in [0.29, 0.717) is 30.1 Å². The molecule has 2 rings (SSSR count). The summed E-state index contributed by atoms with van der Waals surface area (Å²) in [5.74, 6) is 0.240. The Morgan fingerprint density at radius 2 is 1.87 bits per heavy atom. The molecule has 2 amide bonds. The van der Waals surface area contributed by atoms with Crippen LogP contribution in [0.25, 0.3) is 0 Å². The first-order chi connectivity index (χ1) is 10.5. The van der Waals surface area contributed by atoms with Crippen molar-refractivity contribution in [1.82, 2.24) is 5.32 Å². The molecule has 124 valence electrons. The molecule has 0 aliphatic rings. The van der Waals surface area contributed by atoms with E-state index < -0.39 is 0 Å². The first-order valence-electron chi connectivity index (χ1n) is 6.98. The molecule has 1 heterocycles. The van der Waals surface area contributed by atoms with Crippen LogP contribution in [-0.2, 0) is 0 Å². The van der Waals surface area contributed by atoms with Crippen LogP contribution in [0.2, 0.25) is 0 Å². The summed E-state index contributed by atoms with van der Waals surface area (Å²) < 4.78 is 5.38. The summed E-state index contributed by atoms with van der Waals surface area (Å²) in [6, 6.07) is 8.57. The van der Waals surface area contributed by atoms with E-state index in [1.165, 1.54) is 0 Å². The van der Waals surface area contributed by atoms with Gasteiger partial charge in [-0.3, -0.25) is 9.59 Å². The number of anilines is 1. The molecule has 0 bridgehead atoms. The summed E-state index contributed by atoms with van der Waals surface area (Å²) in [4.78, 5) is 24.4. The lowest BCUT2D eigenvalue weighted by atomic mass is 10.1. The fourth-order valence-corrected chi connectivity index (χ4v) is 2.12. The summed E-state index contributed by atoms with van der Waals surface area (Å²) in [5, 5.41) is 5.39. The van der Waals surface area contributed by atoms with Gasteiger partial charge in [0.05, 0.1) is 11.3 Å². The molecule has 4 N–H and O–H groups in total. The zero-order valence-corrected chi connectivity index (χ0v) is 13.8. The fraction of sp³-hybridized carbons (Fsp3) is 0.250. The summed E-state index contributed by atoms with van der Waals surface area (Å²) in [5.41, 5.74) is 6.93. The molecular formula is C16H20ClN3O3. The lowest BCUT2D eigenvalue weighted by Gasteiger charge is -2.10. The van der Waals surface area contributed by atoms with Gasteiger partial charge in [-0.05, 0) is 32.0 Å². The van der Waals surface area contributed by atoms with Crippen LogP contribution in [-0.4, -0.2) is 24.9 Å². The second-order valence-electron chi connectivity index (χ2n) is 4.91. The monoisotopic (exact) mass is 337 g/mol. The Bertz CT molecular complexity index is 698. The Morgan fingerprint density at radius 1 is 1.17 bits per heavy atom. The summed E-state index contributed by atoms with van der Waals surface area (Å²) >= 11 is 0. The number of benzene rings is 1. The first-order valence-corrected chi connectivity index (χ1v) is 6.98. The standard InChI is InChI=1S/C16H19N3O3.ClH/c1-10-9-11(2)22-14(10)16(21)19-13-6-4-3-5-12(13)15(20)18-8-7-17;/h3-6,9H,7-8,17H2,1-2H3,(H,18,20)(H,19,21);1H. The molecule has 0 atom stereocenters. The smallest absolute Gasteiger partial charge is 0.291 e. The number of nitrogens with one attached hydrogen (secondary N) is 2. The normalized spacial score (nSPS) is 9.87. The number of para-hydroxylation sites is 1. The number of aryl methyl sites for hydroxylation is 2. The number of furan rings is 1. The summed E-state index contributed by atoms with van der Waals surface area (Å²) in [7, 11) is 0. The van der Waals surface area contributed by atoms with Crippen molar-refractivity contribution in [1.29, 1.82) is 0 Å². The maximum absolute atomic E-state index is 12.3. The van der Waals surface area contributed by atoms with Gasteiger partial charge in [0.15, 0.2) is 5.76 Å². The number of carbonyl (C=O) groups excluding carboxylic acids is 2. The molecule has 0 aliphatic carbocycles. The largest absolute Gasteiger partial charge is 0.456 e. The minimum Gasteiger partial charge on any atom is -0.456 e. The highest BCUT2D eigenvalue weighted by Gasteiger charge is 2.17. The number of carbonyl (C=O) groups is 2. The number of hydrogen-bond donors (Lipinski definition) is 3. The van der Waals surface area contributed by atoms with Crippen molar-refractivity contribution in [2.75, 3.05) is 18.4 Å². The van der Waals surface area contributed by atoms with Crippen molar-refractivity contribution in [3.63, 3.8) is 0 Å². The Morgan fingerprint density at radius 3 is 2.48 bits per heavy atom. The van der Waals surface area contributed by atoms with Crippen molar-refractivity contribution in [2.45, 2.75) is 13.8 Å². The van der Waals surface area contributed by atoms with Gasteiger partial charge >= 0.3 is 0 Å². The SMILES string of the molecule is Cc1cc(C)c(C(=O)Nc2ccccc2C(=O)NCCN)o1.Cl. The Kier molecular flexibility index (Phi) is 6.81. The maximum Gasteiger partial charge on any atom is 0.291 e. The second-order valence-corrected chi connectivity index (χ2v) is 4.91. The third kappa shape index (κ3) is 4.58. The first kappa shape index (κ1) is 18.7. The van der Waals surface area contributed by atoms with Crippen LogP contribution in [0.15, 0.2) is 34.7 Å². The molecule has 0 radical (unpaired) electrons. The molecule has 0 spiro atoms. The van der Waals surface area contributed by atoms with E-state index in [0.717, 1.165) is 5.56 Å². The van der Waals surface area contributed by atoms with Crippen LogP contribution in [0.1, 0.15) is 32.2 Å². The molecular weight excluding hydrogens is 318 g/mol.